The van der Waals surface area contributed by atoms with Gasteiger partial charge in [-0.25, -0.2) is 0 Å². The van der Waals surface area contributed by atoms with Crippen molar-refractivity contribution in [3.63, 3.8) is 0 Å². The number of hydrogen-bond donors (Lipinski definition) is 1. The third kappa shape index (κ3) is 3.07. The molecule has 1 unspecified atom stereocenters. The van der Waals surface area contributed by atoms with Gasteiger partial charge in [-0.2, -0.15) is 0 Å². The predicted molar refractivity (Wildman–Crippen MR) is 83.6 cm³/mol. The number of fused-ring (bicyclic) bond motifs is 1. The van der Waals surface area contributed by atoms with Crippen LogP contribution in [0.1, 0.15) is 5.56 Å². The van der Waals surface area contributed by atoms with Crippen molar-refractivity contribution < 1.29 is 18.7 Å². The van der Waals surface area contributed by atoms with Crippen molar-refractivity contribution in [2.45, 2.75) is 6.61 Å². The fourth-order valence-electron chi connectivity index (χ4n) is 2.25. The van der Waals surface area contributed by atoms with Crippen LogP contribution in [0.4, 0.5) is 0 Å². The molecule has 0 aliphatic rings. The second-order valence-corrected chi connectivity index (χ2v) is 6.77. The molecule has 3 aromatic rings. The van der Waals surface area contributed by atoms with E-state index >= 15 is 0 Å². The molecule has 0 fully saturated rings. The van der Waals surface area contributed by atoms with Gasteiger partial charge in [-0.15, -0.1) is 0 Å². The van der Waals surface area contributed by atoms with Crippen LogP contribution in [-0.4, -0.2) is 9.99 Å². The lowest BCUT2D eigenvalue weighted by Gasteiger charge is -2.12. The van der Waals surface area contributed by atoms with Gasteiger partial charge in [0.05, 0.1) is 6.61 Å². The average molecular weight is 315 g/mol. The molecule has 0 aliphatic carbocycles. The van der Waals surface area contributed by atoms with E-state index < -0.39 is 7.60 Å². The maximum atomic E-state index is 12.6. The highest BCUT2D eigenvalue weighted by Gasteiger charge is 2.29. The smallest absolute Gasteiger partial charge is 0.321 e. The number of aryl methyl sites for hydroxylation is 1. The van der Waals surface area contributed by atoms with Crippen molar-refractivity contribution in [2.24, 2.45) is 7.05 Å². The summed E-state index contributed by atoms with van der Waals surface area (Å²) in [6, 6.07) is 16.5. The standard InChI is InChI=1S/C16H15N2O3P/c1-18-11-16(14-9-5-6-10-15(14)17-18)22(19,20)21-12-13-7-3-2-4-8-13/h2-11H,12H2,1H3/p+1. The normalized spacial score (nSPS) is 13.9. The fourth-order valence-corrected chi connectivity index (χ4v) is 3.52. The molecule has 0 amide bonds. The summed E-state index contributed by atoms with van der Waals surface area (Å²) in [5.74, 6) is 0. The molecule has 0 aliphatic heterocycles. The monoisotopic (exact) mass is 315 g/mol. The van der Waals surface area contributed by atoms with Crippen LogP contribution in [0, 0.1) is 0 Å². The molecule has 6 heteroatoms. The van der Waals surface area contributed by atoms with Gasteiger partial charge in [0, 0.05) is 5.39 Å². The van der Waals surface area contributed by atoms with Crippen LogP contribution >= 0.6 is 7.60 Å². The molecular weight excluding hydrogens is 299 g/mol. The molecule has 0 spiro atoms. The topological polar surface area (TPSA) is 63.3 Å². The summed E-state index contributed by atoms with van der Waals surface area (Å²) >= 11 is 0. The lowest BCUT2D eigenvalue weighted by molar-refractivity contribution is -0.727. The van der Waals surface area contributed by atoms with E-state index in [1.807, 2.05) is 42.5 Å². The lowest BCUT2D eigenvalue weighted by atomic mass is 10.2. The molecule has 0 saturated carbocycles. The van der Waals surface area contributed by atoms with E-state index in [9.17, 15) is 9.46 Å². The van der Waals surface area contributed by atoms with E-state index in [0.29, 0.717) is 10.9 Å². The van der Waals surface area contributed by atoms with E-state index in [0.717, 1.165) is 5.56 Å². The zero-order valence-corrected chi connectivity index (χ0v) is 13.0. The molecule has 1 N–H and O–H groups in total. The Labute approximate surface area is 128 Å². The molecule has 2 aromatic carbocycles. The quantitative estimate of drug-likeness (QED) is 0.591. The van der Waals surface area contributed by atoms with Gasteiger partial charge in [0.15, 0.2) is 7.05 Å². The van der Waals surface area contributed by atoms with E-state index in [1.54, 1.807) is 19.2 Å². The maximum Gasteiger partial charge on any atom is 0.365 e. The largest absolute Gasteiger partial charge is 0.365 e. The SMILES string of the molecule is C[n+]1cc(P(=O)(O)OCc2ccccc2)c2ccccc2n1. The summed E-state index contributed by atoms with van der Waals surface area (Å²) in [5.41, 5.74) is 1.50. The molecule has 112 valence electrons. The first-order chi connectivity index (χ1) is 10.6. The van der Waals surface area contributed by atoms with Gasteiger partial charge < -0.3 is 9.42 Å². The Bertz CT molecular complexity index is 852. The fraction of sp³-hybridized carbons (Fsp3) is 0.125. The van der Waals surface area contributed by atoms with Crippen molar-refractivity contribution in [1.82, 2.24) is 5.10 Å². The number of rotatable bonds is 4. The summed E-state index contributed by atoms with van der Waals surface area (Å²) in [5, 5.41) is 5.18. The third-order valence-electron chi connectivity index (χ3n) is 3.31. The first-order valence-electron chi connectivity index (χ1n) is 6.84. The Morgan fingerprint density at radius 2 is 1.82 bits per heavy atom. The van der Waals surface area contributed by atoms with E-state index in [2.05, 4.69) is 5.10 Å². The highest BCUT2D eigenvalue weighted by atomic mass is 31.2. The third-order valence-corrected chi connectivity index (χ3v) is 4.75. The average Bonchev–Trinajstić information content (AvgIpc) is 2.53. The predicted octanol–water partition coefficient (Wildman–Crippen LogP) is 2.09. The van der Waals surface area contributed by atoms with Crippen LogP contribution in [0.15, 0.2) is 60.8 Å². The van der Waals surface area contributed by atoms with Crippen molar-refractivity contribution in [3.8, 4) is 0 Å². The van der Waals surface area contributed by atoms with Crippen molar-refractivity contribution >= 4 is 23.8 Å². The van der Waals surface area contributed by atoms with Gasteiger partial charge >= 0.3 is 7.60 Å². The van der Waals surface area contributed by atoms with Crippen LogP contribution in [0.25, 0.3) is 10.9 Å². The Hall–Kier alpha value is -2.07. The zero-order valence-electron chi connectivity index (χ0n) is 12.1. The second kappa shape index (κ2) is 5.97. The highest BCUT2D eigenvalue weighted by molar-refractivity contribution is 7.61. The summed E-state index contributed by atoms with van der Waals surface area (Å²) in [6.45, 7) is 0.0784. The van der Waals surface area contributed by atoms with Crippen LogP contribution < -0.4 is 9.99 Å². The molecule has 0 radical (unpaired) electrons. The van der Waals surface area contributed by atoms with Crippen LogP contribution in [0.2, 0.25) is 0 Å². The van der Waals surface area contributed by atoms with Crippen LogP contribution in [0.5, 0.6) is 0 Å². The molecule has 22 heavy (non-hydrogen) atoms. The molecule has 0 saturated heterocycles. The molecule has 1 aromatic heterocycles. The van der Waals surface area contributed by atoms with Gasteiger partial charge in [-0.05, 0) is 16.7 Å². The Kier molecular flexibility index (Phi) is 4.03. The van der Waals surface area contributed by atoms with Crippen LogP contribution in [-0.2, 0) is 22.7 Å². The van der Waals surface area contributed by atoms with Crippen molar-refractivity contribution in [3.05, 3.63) is 66.4 Å². The van der Waals surface area contributed by atoms with Crippen LogP contribution in [0.3, 0.4) is 0 Å². The Balaban J connectivity index is 1.96. The number of hydrogen-bond acceptors (Lipinski definition) is 3. The summed E-state index contributed by atoms with van der Waals surface area (Å²) in [6.07, 6.45) is 1.54. The molecule has 1 atom stereocenters. The first kappa shape index (κ1) is 14.9. The maximum absolute atomic E-state index is 12.6. The molecule has 3 rings (SSSR count). The minimum absolute atomic E-state index is 0.0784. The summed E-state index contributed by atoms with van der Waals surface area (Å²) in [7, 11) is -2.23. The van der Waals surface area contributed by atoms with E-state index in [4.69, 9.17) is 4.52 Å². The zero-order chi connectivity index (χ0) is 15.6. The van der Waals surface area contributed by atoms with Gasteiger partial charge in [-0.1, -0.05) is 53.2 Å². The number of aromatic nitrogens is 2. The van der Waals surface area contributed by atoms with E-state index in [-0.39, 0.29) is 11.9 Å². The van der Waals surface area contributed by atoms with Gasteiger partial charge in [0.25, 0.3) is 0 Å². The highest BCUT2D eigenvalue weighted by Crippen LogP contribution is 2.43. The minimum atomic E-state index is -3.94. The van der Waals surface area contributed by atoms with Gasteiger partial charge in [0.1, 0.15) is 10.8 Å². The van der Waals surface area contributed by atoms with E-state index in [1.165, 1.54) is 10.9 Å². The van der Waals surface area contributed by atoms with Crippen molar-refractivity contribution in [1.29, 1.82) is 0 Å². The first-order valence-corrected chi connectivity index (χ1v) is 8.41. The Morgan fingerprint density at radius 1 is 1.14 bits per heavy atom. The molecule has 0 bridgehead atoms. The van der Waals surface area contributed by atoms with Crippen molar-refractivity contribution in [2.75, 3.05) is 0 Å². The summed E-state index contributed by atoms with van der Waals surface area (Å²) < 4.78 is 19.5. The number of benzene rings is 2. The van der Waals surface area contributed by atoms with Gasteiger partial charge in [-0.3, -0.25) is 4.57 Å². The number of nitrogens with zero attached hydrogens (tertiary/aromatic N) is 2. The molecule has 5 nitrogen and oxygen atoms in total. The van der Waals surface area contributed by atoms with Gasteiger partial charge in [0.2, 0.25) is 6.20 Å². The minimum Gasteiger partial charge on any atom is -0.321 e. The molecule has 1 heterocycles. The summed E-state index contributed by atoms with van der Waals surface area (Å²) in [4.78, 5) is 10.4. The lowest BCUT2D eigenvalue weighted by Crippen LogP contribution is -2.36. The second-order valence-electron chi connectivity index (χ2n) is 4.98. The Morgan fingerprint density at radius 3 is 2.59 bits per heavy atom. The molecular formula is C16H16N2O3P+.